The highest BCUT2D eigenvalue weighted by molar-refractivity contribution is 7.11. The number of aromatic nitrogens is 1. The van der Waals surface area contributed by atoms with E-state index in [0.717, 1.165) is 9.88 Å². The van der Waals surface area contributed by atoms with Gasteiger partial charge in [0.15, 0.2) is 0 Å². The zero-order valence-corrected chi connectivity index (χ0v) is 10.7. The van der Waals surface area contributed by atoms with Crippen LogP contribution in [0.4, 0.5) is 0 Å². The van der Waals surface area contributed by atoms with E-state index in [9.17, 15) is 9.59 Å². The summed E-state index contributed by atoms with van der Waals surface area (Å²) >= 11 is 1.55. The molecular weight excluding hydrogens is 240 g/mol. The smallest absolute Gasteiger partial charge is 0.303 e. The molecule has 0 radical (unpaired) electrons. The Balaban J connectivity index is 2.33. The van der Waals surface area contributed by atoms with E-state index in [4.69, 9.17) is 5.11 Å². The molecule has 1 heterocycles. The second kappa shape index (κ2) is 6.34. The molecule has 1 aromatic rings. The van der Waals surface area contributed by atoms with E-state index in [0.29, 0.717) is 6.42 Å². The molecule has 1 rings (SSSR count). The van der Waals surface area contributed by atoms with Gasteiger partial charge in [-0.1, -0.05) is 0 Å². The van der Waals surface area contributed by atoms with Crippen LogP contribution in [0.3, 0.4) is 0 Å². The molecular formula is C11H16N2O3S. The normalized spacial score (nSPS) is 12.1. The molecule has 0 aromatic carbocycles. The molecule has 0 aliphatic rings. The van der Waals surface area contributed by atoms with Gasteiger partial charge in [0.05, 0.1) is 6.04 Å². The number of carbonyl (C=O) groups excluding carboxylic acids is 1. The van der Waals surface area contributed by atoms with Gasteiger partial charge in [0.1, 0.15) is 5.01 Å². The van der Waals surface area contributed by atoms with Crippen molar-refractivity contribution in [3.63, 3.8) is 0 Å². The van der Waals surface area contributed by atoms with Crippen LogP contribution in [0.1, 0.15) is 42.1 Å². The Kier molecular flexibility index (Phi) is 5.09. The molecule has 0 aliphatic heterocycles. The van der Waals surface area contributed by atoms with Gasteiger partial charge in [-0.2, -0.15) is 0 Å². The first-order chi connectivity index (χ1) is 7.99. The molecule has 0 spiro atoms. The lowest BCUT2D eigenvalue weighted by Gasteiger charge is -2.10. The number of rotatable bonds is 6. The van der Waals surface area contributed by atoms with Crippen molar-refractivity contribution in [2.45, 2.75) is 39.2 Å². The van der Waals surface area contributed by atoms with Crippen molar-refractivity contribution in [3.8, 4) is 0 Å². The first-order valence-electron chi connectivity index (χ1n) is 5.42. The monoisotopic (exact) mass is 256 g/mol. The molecule has 17 heavy (non-hydrogen) atoms. The fourth-order valence-corrected chi connectivity index (χ4v) is 2.12. The zero-order chi connectivity index (χ0) is 12.8. The molecule has 94 valence electrons. The number of carbonyl (C=O) groups is 2. The van der Waals surface area contributed by atoms with Crippen molar-refractivity contribution in [2.24, 2.45) is 0 Å². The van der Waals surface area contributed by atoms with Crippen LogP contribution in [0, 0.1) is 6.92 Å². The molecule has 1 atom stereocenters. The molecule has 1 amide bonds. The molecule has 5 nitrogen and oxygen atoms in total. The molecule has 1 unspecified atom stereocenters. The van der Waals surface area contributed by atoms with Gasteiger partial charge in [0.25, 0.3) is 0 Å². The molecule has 6 heteroatoms. The summed E-state index contributed by atoms with van der Waals surface area (Å²) < 4.78 is 0. The summed E-state index contributed by atoms with van der Waals surface area (Å²) in [6, 6.07) is -0.119. The van der Waals surface area contributed by atoms with Gasteiger partial charge in [-0.3, -0.25) is 9.59 Å². The standard InChI is InChI=1S/C11H16N2O3S/c1-7-6-12-11(17-7)8(2)13-9(14)4-3-5-10(15)16/h6,8H,3-5H2,1-2H3,(H,13,14)(H,15,16). The summed E-state index contributed by atoms with van der Waals surface area (Å²) in [4.78, 5) is 27.1. The van der Waals surface area contributed by atoms with Gasteiger partial charge >= 0.3 is 5.97 Å². The Morgan fingerprint density at radius 1 is 1.53 bits per heavy atom. The van der Waals surface area contributed by atoms with Crippen LogP contribution in [0.5, 0.6) is 0 Å². The number of carboxylic acid groups (broad SMARTS) is 1. The van der Waals surface area contributed by atoms with Crippen molar-refractivity contribution in [3.05, 3.63) is 16.1 Å². The summed E-state index contributed by atoms with van der Waals surface area (Å²) in [5.74, 6) is -1.01. The van der Waals surface area contributed by atoms with Gasteiger partial charge in [0, 0.05) is 23.9 Å². The number of amides is 1. The van der Waals surface area contributed by atoms with E-state index in [1.807, 2.05) is 13.8 Å². The lowest BCUT2D eigenvalue weighted by molar-refractivity contribution is -0.137. The SMILES string of the molecule is Cc1cnc(C(C)NC(=O)CCCC(=O)O)s1. The van der Waals surface area contributed by atoms with Crippen LogP contribution in [0.25, 0.3) is 0 Å². The van der Waals surface area contributed by atoms with Crippen molar-refractivity contribution in [2.75, 3.05) is 0 Å². The van der Waals surface area contributed by atoms with Crippen LogP contribution < -0.4 is 5.32 Å². The molecule has 0 fully saturated rings. The summed E-state index contributed by atoms with van der Waals surface area (Å²) in [5.41, 5.74) is 0. The second-order valence-electron chi connectivity index (χ2n) is 3.85. The highest BCUT2D eigenvalue weighted by atomic mass is 32.1. The molecule has 0 saturated carbocycles. The average Bonchev–Trinajstić information content (AvgIpc) is 2.64. The lowest BCUT2D eigenvalue weighted by atomic mass is 10.2. The minimum absolute atomic E-state index is 0.0260. The fraction of sp³-hybridized carbons (Fsp3) is 0.545. The number of aliphatic carboxylic acids is 1. The fourth-order valence-electron chi connectivity index (χ4n) is 1.35. The third kappa shape index (κ3) is 4.95. The van der Waals surface area contributed by atoms with Gasteiger partial charge in [-0.25, -0.2) is 4.98 Å². The predicted octanol–water partition coefficient (Wildman–Crippen LogP) is 1.88. The van der Waals surface area contributed by atoms with Gasteiger partial charge in [0.2, 0.25) is 5.91 Å². The van der Waals surface area contributed by atoms with Crippen molar-refractivity contribution < 1.29 is 14.7 Å². The minimum atomic E-state index is -0.874. The number of hydrogen-bond acceptors (Lipinski definition) is 4. The van der Waals surface area contributed by atoms with Crippen molar-refractivity contribution in [1.82, 2.24) is 10.3 Å². The summed E-state index contributed by atoms with van der Waals surface area (Å²) in [7, 11) is 0. The minimum Gasteiger partial charge on any atom is -0.481 e. The summed E-state index contributed by atoms with van der Waals surface area (Å²) in [6.07, 6.45) is 2.40. The molecule has 0 saturated heterocycles. The number of nitrogens with zero attached hydrogens (tertiary/aromatic N) is 1. The molecule has 0 bridgehead atoms. The van der Waals surface area contributed by atoms with Crippen LogP contribution >= 0.6 is 11.3 Å². The van der Waals surface area contributed by atoms with E-state index in [-0.39, 0.29) is 24.8 Å². The Labute approximate surface area is 104 Å². The van der Waals surface area contributed by atoms with Crippen LogP contribution in [-0.2, 0) is 9.59 Å². The van der Waals surface area contributed by atoms with Gasteiger partial charge in [-0.05, 0) is 20.3 Å². The number of thiazole rings is 1. The number of carboxylic acids is 1. The van der Waals surface area contributed by atoms with E-state index < -0.39 is 5.97 Å². The van der Waals surface area contributed by atoms with E-state index in [1.165, 1.54) is 0 Å². The van der Waals surface area contributed by atoms with Crippen LogP contribution in [-0.4, -0.2) is 22.0 Å². The summed E-state index contributed by atoms with van der Waals surface area (Å²) in [6.45, 7) is 3.83. The summed E-state index contributed by atoms with van der Waals surface area (Å²) in [5, 5.41) is 12.1. The second-order valence-corrected chi connectivity index (χ2v) is 5.11. The largest absolute Gasteiger partial charge is 0.481 e. The van der Waals surface area contributed by atoms with Gasteiger partial charge < -0.3 is 10.4 Å². The molecule has 2 N–H and O–H groups in total. The number of nitrogens with one attached hydrogen (secondary N) is 1. The first-order valence-corrected chi connectivity index (χ1v) is 6.24. The van der Waals surface area contributed by atoms with Crippen molar-refractivity contribution in [1.29, 1.82) is 0 Å². The predicted molar refractivity (Wildman–Crippen MR) is 64.9 cm³/mol. The topological polar surface area (TPSA) is 79.3 Å². The highest BCUT2D eigenvalue weighted by Crippen LogP contribution is 2.18. The maximum atomic E-state index is 11.5. The lowest BCUT2D eigenvalue weighted by Crippen LogP contribution is -2.26. The maximum absolute atomic E-state index is 11.5. The Morgan fingerprint density at radius 2 is 2.24 bits per heavy atom. The Bertz CT molecular complexity index is 403. The van der Waals surface area contributed by atoms with E-state index in [2.05, 4.69) is 10.3 Å². The maximum Gasteiger partial charge on any atom is 0.303 e. The zero-order valence-electron chi connectivity index (χ0n) is 9.90. The van der Waals surface area contributed by atoms with Crippen LogP contribution in [0.15, 0.2) is 6.20 Å². The quantitative estimate of drug-likeness (QED) is 0.814. The Hall–Kier alpha value is -1.43. The average molecular weight is 256 g/mol. The first kappa shape index (κ1) is 13.6. The Morgan fingerprint density at radius 3 is 2.76 bits per heavy atom. The van der Waals surface area contributed by atoms with Gasteiger partial charge in [-0.15, -0.1) is 11.3 Å². The number of aryl methyl sites for hydroxylation is 1. The van der Waals surface area contributed by atoms with E-state index in [1.54, 1.807) is 17.5 Å². The third-order valence-electron chi connectivity index (χ3n) is 2.18. The highest BCUT2D eigenvalue weighted by Gasteiger charge is 2.12. The van der Waals surface area contributed by atoms with Crippen molar-refractivity contribution >= 4 is 23.2 Å². The van der Waals surface area contributed by atoms with Crippen LogP contribution in [0.2, 0.25) is 0 Å². The third-order valence-corrected chi connectivity index (χ3v) is 3.28. The molecule has 1 aromatic heterocycles. The molecule has 0 aliphatic carbocycles. The van der Waals surface area contributed by atoms with E-state index >= 15 is 0 Å². The number of hydrogen-bond donors (Lipinski definition) is 2.